The van der Waals surface area contributed by atoms with E-state index in [9.17, 15) is 0 Å². The van der Waals surface area contributed by atoms with Gasteiger partial charge in [-0.25, -0.2) is 4.98 Å². The minimum atomic E-state index is 0.810. The van der Waals surface area contributed by atoms with E-state index in [0.29, 0.717) is 0 Å². The molecule has 2 aromatic heterocycles. The molecule has 0 radical (unpaired) electrons. The van der Waals surface area contributed by atoms with Crippen LogP contribution >= 0.6 is 11.5 Å². The van der Waals surface area contributed by atoms with Gasteiger partial charge in [0.05, 0.1) is 5.69 Å². The molecule has 6 heteroatoms. The summed E-state index contributed by atoms with van der Waals surface area (Å²) < 4.78 is 9.20. The van der Waals surface area contributed by atoms with Crippen LogP contribution in [0.4, 0.5) is 5.13 Å². The third-order valence-corrected chi connectivity index (χ3v) is 3.12. The van der Waals surface area contributed by atoms with Crippen molar-refractivity contribution in [3.63, 3.8) is 0 Å². The molecule has 0 aliphatic heterocycles. The van der Waals surface area contributed by atoms with E-state index in [1.807, 2.05) is 20.8 Å². The lowest BCUT2D eigenvalue weighted by Crippen LogP contribution is -2.05. The molecule has 0 bridgehead atoms. The van der Waals surface area contributed by atoms with E-state index in [1.54, 1.807) is 0 Å². The van der Waals surface area contributed by atoms with Gasteiger partial charge in [-0.3, -0.25) is 0 Å². The van der Waals surface area contributed by atoms with E-state index >= 15 is 0 Å². The van der Waals surface area contributed by atoms with Gasteiger partial charge in [-0.1, -0.05) is 5.16 Å². The number of anilines is 1. The number of rotatable bonds is 4. The lowest BCUT2D eigenvalue weighted by molar-refractivity contribution is 0.392. The normalized spacial score (nSPS) is 10.7. The molecule has 5 nitrogen and oxygen atoms in total. The van der Waals surface area contributed by atoms with Crippen molar-refractivity contribution in [1.82, 2.24) is 14.5 Å². The number of nitrogens with one attached hydrogen (secondary N) is 1. The van der Waals surface area contributed by atoms with Crippen LogP contribution in [0.25, 0.3) is 0 Å². The van der Waals surface area contributed by atoms with Gasteiger partial charge in [0.2, 0.25) is 5.13 Å². The van der Waals surface area contributed by atoms with E-state index in [2.05, 4.69) is 19.8 Å². The van der Waals surface area contributed by atoms with Gasteiger partial charge < -0.3 is 9.84 Å². The number of hydrogen-bond acceptors (Lipinski definition) is 6. The highest BCUT2D eigenvalue weighted by Gasteiger charge is 2.08. The average molecular weight is 238 g/mol. The standard InChI is InChI=1S/C10H14N4OS/c1-6-9(7(2)15-13-6)4-5-11-10-12-8(3)14-16-10/h4-5H2,1-3H3,(H,11,12,14). The fraction of sp³-hybridized carbons (Fsp3) is 0.500. The molecule has 0 unspecified atom stereocenters. The smallest absolute Gasteiger partial charge is 0.202 e. The highest BCUT2D eigenvalue weighted by atomic mass is 32.1. The summed E-state index contributed by atoms with van der Waals surface area (Å²) in [6.07, 6.45) is 0.889. The van der Waals surface area contributed by atoms with Gasteiger partial charge in [-0.05, 0) is 27.2 Å². The predicted octanol–water partition coefficient (Wildman–Crippen LogP) is 2.11. The minimum Gasteiger partial charge on any atom is -0.361 e. The molecule has 2 aromatic rings. The fourth-order valence-electron chi connectivity index (χ4n) is 1.52. The lowest BCUT2D eigenvalue weighted by Gasteiger charge is -2.01. The van der Waals surface area contributed by atoms with Crippen LogP contribution in [0, 0.1) is 20.8 Å². The van der Waals surface area contributed by atoms with Crippen molar-refractivity contribution in [3.8, 4) is 0 Å². The van der Waals surface area contributed by atoms with Gasteiger partial charge in [0.15, 0.2) is 0 Å². The molecule has 2 heterocycles. The van der Waals surface area contributed by atoms with Crippen LogP contribution in [0.2, 0.25) is 0 Å². The third-order valence-electron chi connectivity index (χ3n) is 2.36. The quantitative estimate of drug-likeness (QED) is 0.883. The van der Waals surface area contributed by atoms with Gasteiger partial charge in [-0.15, -0.1) is 0 Å². The Morgan fingerprint density at radius 2 is 2.12 bits per heavy atom. The maximum atomic E-state index is 5.10. The lowest BCUT2D eigenvalue weighted by atomic mass is 10.1. The molecule has 0 atom stereocenters. The van der Waals surface area contributed by atoms with Crippen molar-refractivity contribution in [2.45, 2.75) is 27.2 Å². The van der Waals surface area contributed by atoms with Gasteiger partial charge in [0.1, 0.15) is 11.6 Å². The maximum absolute atomic E-state index is 5.10. The number of nitrogens with zero attached hydrogens (tertiary/aromatic N) is 3. The summed E-state index contributed by atoms with van der Waals surface area (Å²) in [5.74, 6) is 1.71. The Bertz CT molecular complexity index is 457. The Labute approximate surface area is 98.0 Å². The first-order valence-electron chi connectivity index (χ1n) is 5.12. The van der Waals surface area contributed by atoms with Crippen molar-refractivity contribution in [2.24, 2.45) is 0 Å². The first-order valence-corrected chi connectivity index (χ1v) is 5.90. The summed E-state index contributed by atoms with van der Waals surface area (Å²) in [5.41, 5.74) is 2.14. The Balaban J connectivity index is 1.89. The van der Waals surface area contributed by atoms with Gasteiger partial charge in [0.25, 0.3) is 0 Å². The second-order valence-electron chi connectivity index (χ2n) is 3.63. The molecule has 1 N–H and O–H groups in total. The predicted molar refractivity (Wildman–Crippen MR) is 62.8 cm³/mol. The molecule has 0 spiro atoms. The van der Waals surface area contributed by atoms with Crippen molar-refractivity contribution >= 4 is 16.7 Å². The Kier molecular flexibility index (Phi) is 3.19. The molecule has 0 aliphatic carbocycles. The molecule has 86 valence electrons. The van der Waals surface area contributed by atoms with Crippen LogP contribution in [0.15, 0.2) is 4.52 Å². The highest BCUT2D eigenvalue weighted by molar-refractivity contribution is 7.09. The molecule has 0 aromatic carbocycles. The monoisotopic (exact) mass is 238 g/mol. The zero-order valence-electron chi connectivity index (χ0n) is 9.57. The van der Waals surface area contributed by atoms with Crippen LogP contribution in [-0.2, 0) is 6.42 Å². The van der Waals surface area contributed by atoms with Crippen molar-refractivity contribution < 1.29 is 4.52 Å². The number of hydrogen-bond donors (Lipinski definition) is 1. The molecular formula is C10H14N4OS. The zero-order valence-corrected chi connectivity index (χ0v) is 10.4. The molecule has 0 saturated heterocycles. The summed E-state index contributed by atoms with van der Waals surface area (Å²) in [5, 5.41) is 8.02. The molecule has 2 rings (SSSR count). The largest absolute Gasteiger partial charge is 0.361 e. The zero-order chi connectivity index (χ0) is 11.5. The van der Waals surface area contributed by atoms with Crippen LogP contribution in [0.3, 0.4) is 0 Å². The molecule has 0 saturated carbocycles. The van der Waals surface area contributed by atoms with Crippen LogP contribution in [0.5, 0.6) is 0 Å². The first-order chi connectivity index (χ1) is 7.66. The summed E-state index contributed by atoms with van der Waals surface area (Å²) in [4.78, 5) is 4.23. The highest BCUT2D eigenvalue weighted by Crippen LogP contribution is 2.14. The maximum Gasteiger partial charge on any atom is 0.202 e. The van der Waals surface area contributed by atoms with Crippen LogP contribution in [-0.4, -0.2) is 21.1 Å². The Morgan fingerprint density at radius 1 is 1.31 bits per heavy atom. The summed E-state index contributed by atoms with van der Waals surface area (Å²) in [6, 6.07) is 0. The SMILES string of the molecule is Cc1nsc(NCCc2c(C)noc2C)n1. The average Bonchev–Trinajstić information content (AvgIpc) is 2.78. The van der Waals surface area contributed by atoms with Crippen molar-refractivity contribution in [3.05, 3.63) is 22.8 Å². The van der Waals surface area contributed by atoms with E-state index in [-0.39, 0.29) is 0 Å². The van der Waals surface area contributed by atoms with E-state index in [1.165, 1.54) is 17.1 Å². The van der Waals surface area contributed by atoms with Gasteiger partial charge >= 0.3 is 0 Å². The summed E-state index contributed by atoms with van der Waals surface area (Å²) in [6.45, 7) is 6.60. The van der Waals surface area contributed by atoms with Gasteiger partial charge in [-0.2, -0.15) is 4.37 Å². The number of aromatic nitrogens is 3. The van der Waals surface area contributed by atoms with Gasteiger partial charge in [0, 0.05) is 23.6 Å². The second-order valence-corrected chi connectivity index (χ2v) is 4.38. The molecule has 0 aliphatic rings. The van der Waals surface area contributed by atoms with E-state index in [4.69, 9.17) is 4.52 Å². The summed E-state index contributed by atoms with van der Waals surface area (Å²) in [7, 11) is 0. The molecule has 0 amide bonds. The Hall–Kier alpha value is -1.43. The van der Waals surface area contributed by atoms with Crippen LogP contribution in [0.1, 0.15) is 22.8 Å². The second kappa shape index (κ2) is 4.61. The van der Waals surface area contributed by atoms with Crippen molar-refractivity contribution in [2.75, 3.05) is 11.9 Å². The van der Waals surface area contributed by atoms with E-state index < -0.39 is 0 Å². The topological polar surface area (TPSA) is 63.8 Å². The number of aryl methyl sites for hydroxylation is 3. The minimum absolute atomic E-state index is 0.810. The molecule has 0 fully saturated rings. The fourth-order valence-corrected chi connectivity index (χ4v) is 2.12. The van der Waals surface area contributed by atoms with Crippen molar-refractivity contribution in [1.29, 1.82) is 0 Å². The third kappa shape index (κ3) is 2.38. The Morgan fingerprint density at radius 3 is 2.69 bits per heavy atom. The first kappa shape index (κ1) is 11.1. The molecule has 16 heavy (non-hydrogen) atoms. The van der Waals surface area contributed by atoms with Crippen LogP contribution < -0.4 is 5.32 Å². The summed E-state index contributed by atoms with van der Waals surface area (Å²) >= 11 is 1.38. The molecular weight excluding hydrogens is 224 g/mol. The van der Waals surface area contributed by atoms with E-state index in [0.717, 1.165) is 35.4 Å².